The zero-order chi connectivity index (χ0) is 12.6. The first-order valence-electron chi connectivity index (χ1n) is 6.94. The fourth-order valence-electron chi connectivity index (χ4n) is 2.41. The van der Waals surface area contributed by atoms with Crippen molar-refractivity contribution in [2.24, 2.45) is 0 Å². The van der Waals surface area contributed by atoms with Gasteiger partial charge < -0.3 is 4.74 Å². The van der Waals surface area contributed by atoms with Gasteiger partial charge in [0, 0.05) is 6.20 Å². The minimum Gasteiger partial charge on any atom is -0.462 e. The highest BCUT2D eigenvalue weighted by Gasteiger charge is 2.16. The molecule has 0 aromatic carbocycles. The lowest BCUT2D eigenvalue weighted by molar-refractivity contribution is -0.149. The summed E-state index contributed by atoms with van der Waals surface area (Å²) in [4.78, 5) is 16.0. The van der Waals surface area contributed by atoms with Crippen LogP contribution in [-0.4, -0.2) is 17.1 Å². The first-order chi connectivity index (χ1) is 8.84. The average molecular weight is 247 g/mol. The van der Waals surface area contributed by atoms with Gasteiger partial charge in [-0.2, -0.15) is 0 Å². The predicted molar refractivity (Wildman–Crippen MR) is 70.1 cm³/mol. The monoisotopic (exact) mass is 247 g/mol. The summed E-state index contributed by atoms with van der Waals surface area (Å²) in [5.74, 6) is -0.140. The van der Waals surface area contributed by atoms with E-state index in [-0.39, 0.29) is 18.5 Å². The van der Waals surface area contributed by atoms with Crippen LogP contribution in [0.1, 0.15) is 50.6 Å². The zero-order valence-electron chi connectivity index (χ0n) is 10.8. The van der Waals surface area contributed by atoms with Crippen LogP contribution in [0, 0.1) is 0 Å². The number of rotatable bonds is 3. The minimum absolute atomic E-state index is 0.126. The fraction of sp³-hybridized carbons (Fsp3) is 0.600. The van der Waals surface area contributed by atoms with E-state index in [2.05, 4.69) is 4.98 Å². The number of carbonyl (C=O) groups is 1. The van der Waals surface area contributed by atoms with E-state index < -0.39 is 0 Å². The highest BCUT2D eigenvalue weighted by molar-refractivity contribution is 5.72. The van der Waals surface area contributed by atoms with E-state index in [1.54, 1.807) is 6.20 Å². The largest absolute Gasteiger partial charge is 0.462 e. The van der Waals surface area contributed by atoms with Gasteiger partial charge in [-0.15, -0.1) is 0 Å². The van der Waals surface area contributed by atoms with Gasteiger partial charge >= 0.3 is 5.97 Å². The van der Waals surface area contributed by atoms with E-state index in [9.17, 15) is 4.79 Å². The molecule has 0 amide bonds. The highest BCUT2D eigenvalue weighted by Crippen LogP contribution is 2.19. The van der Waals surface area contributed by atoms with Crippen molar-refractivity contribution < 1.29 is 9.53 Å². The van der Waals surface area contributed by atoms with Crippen molar-refractivity contribution in [3.8, 4) is 0 Å². The molecule has 1 aliphatic carbocycles. The molecule has 1 aromatic heterocycles. The van der Waals surface area contributed by atoms with Crippen molar-refractivity contribution in [3.05, 3.63) is 30.1 Å². The van der Waals surface area contributed by atoms with Crippen molar-refractivity contribution in [2.45, 2.75) is 57.5 Å². The first-order valence-corrected chi connectivity index (χ1v) is 6.94. The molecule has 1 heterocycles. The molecule has 2 rings (SSSR count). The fourth-order valence-corrected chi connectivity index (χ4v) is 2.41. The second-order valence-electron chi connectivity index (χ2n) is 4.95. The third-order valence-corrected chi connectivity index (χ3v) is 3.40. The molecule has 0 radical (unpaired) electrons. The van der Waals surface area contributed by atoms with Crippen molar-refractivity contribution >= 4 is 5.97 Å². The molecule has 1 saturated carbocycles. The average Bonchev–Trinajstić information content (AvgIpc) is 2.34. The summed E-state index contributed by atoms with van der Waals surface area (Å²) in [6.07, 6.45) is 10.4. The molecule has 0 N–H and O–H groups in total. The number of carbonyl (C=O) groups excluding carboxylic acids is 1. The zero-order valence-corrected chi connectivity index (χ0v) is 10.8. The maximum Gasteiger partial charge on any atom is 0.312 e. The molecule has 0 spiro atoms. The normalized spacial score (nSPS) is 17.8. The van der Waals surface area contributed by atoms with Crippen LogP contribution in [0.4, 0.5) is 0 Å². The van der Waals surface area contributed by atoms with Crippen LogP contribution in [0.5, 0.6) is 0 Å². The Labute approximate surface area is 109 Å². The summed E-state index contributed by atoms with van der Waals surface area (Å²) >= 11 is 0. The third kappa shape index (κ3) is 4.47. The minimum atomic E-state index is -0.140. The first kappa shape index (κ1) is 13.1. The number of ether oxygens (including phenoxy) is 1. The van der Waals surface area contributed by atoms with Gasteiger partial charge in [0.05, 0.1) is 12.1 Å². The molecule has 3 nitrogen and oxygen atoms in total. The predicted octanol–water partition coefficient (Wildman–Crippen LogP) is 3.28. The smallest absolute Gasteiger partial charge is 0.312 e. The molecule has 98 valence electrons. The summed E-state index contributed by atoms with van der Waals surface area (Å²) in [6.45, 7) is 0. The van der Waals surface area contributed by atoms with E-state index >= 15 is 0 Å². The Balaban J connectivity index is 1.79. The molecule has 0 atom stereocenters. The Morgan fingerprint density at radius 1 is 1.17 bits per heavy atom. The van der Waals surface area contributed by atoms with Crippen LogP contribution < -0.4 is 0 Å². The Morgan fingerprint density at radius 2 is 1.89 bits per heavy atom. The molecular formula is C15H21NO2. The van der Waals surface area contributed by atoms with Crippen LogP contribution >= 0.6 is 0 Å². The van der Waals surface area contributed by atoms with Gasteiger partial charge in [-0.1, -0.05) is 25.3 Å². The van der Waals surface area contributed by atoms with Gasteiger partial charge in [-0.3, -0.25) is 9.78 Å². The van der Waals surface area contributed by atoms with Crippen molar-refractivity contribution in [2.75, 3.05) is 0 Å². The molecular weight excluding hydrogens is 226 g/mol. The summed E-state index contributed by atoms with van der Waals surface area (Å²) in [6, 6.07) is 5.61. The number of aromatic nitrogens is 1. The van der Waals surface area contributed by atoms with Crippen molar-refractivity contribution in [1.82, 2.24) is 4.98 Å². The quantitative estimate of drug-likeness (QED) is 0.769. The van der Waals surface area contributed by atoms with E-state index in [4.69, 9.17) is 4.74 Å². The maximum absolute atomic E-state index is 11.8. The van der Waals surface area contributed by atoms with Gasteiger partial charge in [0.2, 0.25) is 0 Å². The van der Waals surface area contributed by atoms with Crippen LogP contribution in [0.15, 0.2) is 24.4 Å². The van der Waals surface area contributed by atoms with Gasteiger partial charge in [-0.25, -0.2) is 0 Å². The number of esters is 1. The molecule has 1 aromatic rings. The standard InChI is InChI=1S/C15H21NO2/c17-15(12-13-8-6-7-11-16-13)18-14-9-4-2-1-3-5-10-14/h6-8,11,14H,1-5,9-10,12H2. The lowest BCUT2D eigenvalue weighted by Crippen LogP contribution is -2.20. The molecule has 1 aliphatic rings. The molecule has 1 fully saturated rings. The van der Waals surface area contributed by atoms with Crippen molar-refractivity contribution in [1.29, 1.82) is 0 Å². The number of nitrogens with zero attached hydrogens (tertiary/aromatic N) is 1. The summed E-state index contributed by atoms with van der Waals surface area (Å²) < 4.78 is 5.55. The topological polar surface area (TPSA) is 39.2 Å². The lowest BCUT2D eigenvalue weighted by atomic mass is 9.98. The highest BCUT2D eigenvalue weighted by atomic mass is 16.5. The summed E-state index contributed by atoms with van der Waals surface area (Å²) in [7, 11) is 0. The molecule has 18 heavy (non-hydrogen) atoms. The molecule has 0 unspecified atom stereocenters. The maximum atomic E-state index is 11.8. The summed E-state index contributed by atoms with van der Waals surface area (Å²) in [5.41, 5.74) is 0.786. The number of hydrogen-bond acceptors (Lipinski definition) is 3. The van der Waals surface area contributed by atoms with Crippen LogP contribution in [0.25, 0.3) is 0 Å². The van der Waals surface area contributed by atoms with E-state index in [0.29, 0.717) is 0 Å². The Kier molecular flexibility index (Phi) is 5.18. The molecule has 3 heteroatoms. The molecule has 0 saturated heterocycles. The van der Waals surface area contributed by atoms with Gasteiger partial charge in [-0.05, 0) is 37.8 Å². The SMILES string of the molecule is O=C(Cc1ccccn1)OC1CCCCCCC1. The Hall–Kier alpha value is -1.38. The number of pyridine rings is 1. The molecule has 0 bridgehead atoms. The van der Waals surface area contributed by atoms with Crippen LogP contribution in [0.3, 0.4) is 0 Å². The van der Waals surface area contributed by atoms with Crippen LogP contribution in [0.2, 0.25) is 0 Å². The second kappa shape index (κ2) is 7.14. The van der Waals surface area contributed by atoms with E-state index in [1.807, 2.05) is 18.2 Å². The van der Waals surface area contributed by atoms with Crippen LogP contribution in [-0.2, 0) is 16.0 Å². The third-order valence-electron chi connectivity index (χ3n) is 3.40. The van der Waals surface area contributed by atoms with E-state index in [1.165, 1.54) is 32.1 Å². The summed E-state index contributed by atoms with van der Waals surface area (Å²) in [5, 5.41) is 0. The lowest BCUT2D eigenvalue weighted by Gasteiger charge is -2.20. The second-order valence-corrected chi connectivity index (χ2v) is 4.95. The van der Waals surface area contributed by atoms with Gasteiger partial charge in [0.1, 0.15) is 6.10 Å². The van der Waals surface area contributed by atoms with Crippen molar-refractivity contribution in [3.63, 3.8) is 0 Å². The molecule has 0 aliphatic heterocycles. The van der Waals surface area contributed by atoms with E-state index in [0.717, 1.165) is 18.5 Å². The Bertz CT molecular complexity index is 356. The number of hydrogen-bond donors (Lipinski definition) is 0. The Morgan fingerprint density at radius 3 is 2.56 bits per heavy atom. The van der Waals surface area contributed by atoms with Gasteiger partial charge in [0.25, 0.3) is 0 Å². The van der Waals surface area contributed by atoms with Gasteiger partial charge in [0.15, 0.2) is 0 Å².